The first-order valence-electron chi connectivity index (χ1n) is 11.2. The molecule has 0 aliphatic heterocycles. The summed E-state index contributed by atoms with van der Waals surface area (Å²) in [5.74, 6) is 0.504. The van der Waals surface area contributed by atoms with Crippen LogP contribution in [0, 0.1) is 17.0 Å². The standard InChI is InChI=1S/C24H27N5O5S/c1-3-28(13-7-10-23(30)34-15-14-33-20-8-5-4-6-9-20)19-11-12-21(18(2)16-19)26-27-24-25-17-22(35-24)29(31)32/h4-6,8-9,11-12,16-17H,3,7,10,13-15H2,1-2H3. The van der Waals surface area contributed by atoms with Crippen LogP contribution in [0.15, 0.2) is 65.0 Å². The van der Waals surface area contributed by atoms with Gasteiger partial charge in [0, 0.05) is 25.2 Å². The number of ether oxygens (including phenoxy) is 2. The molecule has 1 aromatic heterocycles. The quantitative estimate of drug-likeness (QED) is 0.0933. The summed E-state index contributed by atoms with van der Waals surface area (Å²) in [6.45, 7) is 5.99. The van der Waals surface area contributed by atoms with E-state index in [1.807, 2.05) is 55.5 Å². The SMILES string of the molecule is CCN(CCCC(=O)OCCOc1ccccc1)c1ccc(N=Nc2ncc([N+](=O)[O-])s2)c(C)c1. The van der Waals surface area contributed by atoms with Gasteiger partial charge in [0.15, 0.2) is 0 Å². The van der Waals surface area contributed by atoms with E-state index in [2.05, 4.69) is 27.0 Å². The Bertz CT molecular complexity index is 1150. The van der Waals surface area contributed by atoms with Gasteiger partial charge in [-0.15, -0.1) is 10.2 Å². The predicted molar refractivity (Wildman–Crippen MR) is 134 cm³/mol. The predicted octanol–water partition coefficient (Wildman–Crippen LogP) is 6.00. The molecule has 1 heterocycles. The van der Waals surface area contributed by atoms with Crippen LogP contribution < -0.4 is 9.64 Å². The molecule has 0 N–H and O–H groups in total. The number of nitro groups is 1. The molecular weight excluding hydrogens is 470 g/mol. The van der Waals surface area contributed by atoms with Crippen LogP contribution in [0.25, 0.3) is 0 Å². The number of carbonyl (C=O) groups excluding carboxylic acids is 1. The van der Waals surface area contributed by atoms with Gasteiger partial charge in [0.25, 0.3) is 0 Å². The molecule has 0 aliphatic carbocycles. The molecule has 0 fully saturated rings. The number of para-hydroxylation sites is 1. The lowest BCUT2D eigenvalue weighted by atomic mass is 10.1. The molecule has 0 saturated heterocycles. The van der Waals surface area contributed by atoms with Crippen LogP contribution in [0.4, 0.5) is 21.5 Å². The third-order valence-corrected chi connectivity index (χ3v) is 5.83. The lowest BCUT2D eigenvalue weighted by molar-refractivity contribution is -0.380. The Labute approximate surface area is 207 Å². The summed E-state index contributed by atoms with van der Waals surface area (Å²) in [7, 11) is 0. The number of anilines is 1. The molecule has 2 aromatic carbocycles. The van der Waals surface area contributed by atoms with Crippen molar-refractivity contribution in [2.45, 2.75) is 26.7 Å². The number of carbonyl (C=O) groups is 1. The van der Waals surface area contributed by atoms with Crippen LogP contribution in [-0.2, 0) is 9.53 Å². The number of hydrogen-bond donors (Lipinski definition) is 0. The zero-order valence-electron chi connectivity index (χ0n) is 19.6. The molecule has 184 valence electrons. The first kappa shape index (κ1) is 25.8. The highest BCUT2D eigenvalue weighted by atomic mass is 32.1. The van der Waals surface area contributed by atoms with Gasteiger partial charge in [-0.1, -0.05) is 18.2 Å². The maximum atomic E-state index is 12.0. The third-order valence-electron chi connectivity index (χ3n) is 5.00. The first-order chi connectivity index (χ1) is 17.0. The molecule has 3 aromatic rings. The third kappa shape index (κ3) is 8.14. The van der Waals surface area contributed by atoms with Crippen molar-refractivity contribution in [1.82, 2.24) is 4.98 Å². The molecule has 0 radical (unpaired) electrons. The zero-order chi connectivity index (χ0) is 25.0. The zero-order valence-corrected chi connectivity index (χ0v) is 20.4. The molecule has 0 bridgehead atoms. The molecule has 0 saturated carbocycles. The Morgan fingerprint density at radius 3 is 2.66 bits per heavy atom. The minimum atomic E-state index is -0.504. The summed E-state index contributed by atoms with van der Waals surface area (Å²) < 4.78 is 10.8. The van der Waals surface area contributed by atoms with E-state index >= 15 is 0 Å². The van der Waals surface area contributed by atoms with Gasteiger partial charge in [-0.05, 0) is 67.5 Å². The van der Waals surface area contributed by atoms with Crippen molar-refractivity contribution >= 4 is 38.8 Å². The number of azo groups is 1. The normalized spacial score (nSPS) is 10.9. The van der Waals surface area contributed by atoms with Gasteiger partial charge in [-0.25, -0.2) is 4.98 Å². The molecule has 0 atom stereocenters. The van der Waals surface area contributed by atoms with Crippen molar-refractivity contribution < 1.29 is 19.2 Å². The van der Waals surface area contributed by atoms with E-state index in [-0.39, 0.29) is 22.7 Å². The number of aryl methyl sites for hydroxylation is 1. The number of rotatable bonds is 13. The van der Waals surface area contributed by atoms with E-state index < -0.39 is 4.92 Å². The largest absolute Gasteiger partial charge is 0.490 e. The molecule has 0 aliphatic rings. The number of esters is 1. The van der Waals surface area contributed by atoms with Gasteiger partial charge in [-0.3, -0.25) is 14.9 Å². The molecular formula is C24H27N5O5S. The van der Waals surface area contributed by atoms with Gasteiger partial charge in [0.2, 0.25) is 5.13 Å². The van der Waals surface area contributed by atoms with Gasteiger partial charge >= 0.3 is 11.0 Å². The summed E-state index contributed by atoms with van der Waals surface area (Å²) in [5, 5.41) is 19.1. The van der Waals surface area contributed by atoms with Crippen molar-refractivity contribution in [3.63, 3.8) is 0 Å². The number of aromatic nitrogens is 1. The summed E-state index contributed by atoms with van der Waals surface area (Å²) in [6, 6.07) is 15.2. The second-order valence-corrected chi connectivity index (χ2v) is 8.46. The highest BCUT2D eigenvalue weighted by molar-refractivity contribution is 7.18. The van der Waals surface area contributed by atoms with Crippen LogP contribution in [0.5, 0.6) is 5.75 Å². The lowest BCUT2D eigenvalue weighted by Gasteiger charge is -2.23. The van der Waals surface area contributed by atoms with Crippen LogP contribution in [0.2, 0.25) is 0 Å². The van der Waals surface area contributed by atoms with Crippen LogP contribution >= 0.6 is 11.3 Å². The van der Waals surface area contributed by atoms with E-state index in [0.29, 0.717) is 31.7 Å². The van der Waals surface area contributed by atoms with E-state index in [1.165, 1.54) is 6.20 Å². The Kier molecular flexibility index (Phi) is 9.67. The van der Waals surface area contributed by atoms with Crippen molar-refractivity contribution in [2.75, 3.05) is 31.2 Å². The van der Waals surface area contributed by atoms with Gasteiger partial charge < -0.3 is 14.4 Å². The topological polar surface area (TPSA) is 120 Å². The highest BCUT2D eigenvalue weighted by Crippen LogP contribution is 2.30. The number of benzene rings is 2. The minimum Gasteiger partial charge on any atom is -0.490 e. The molecule has 10 nitrogen and oxygen atoms in total. The van der Waals surface area contributed by atoms with Crippen LogP contribution in [-0.4, -0.2) is 42.2 Å². The molecule has 11 heteroatoms. The fourth-order valence-electron chi connectivity index (χ4n) is 3.22. The van der Waals surface area contributed by atoms with E-state index in [4.69, 9.17) is 9.47 Å². The minimum absolute atomic E-state index is 0.0750. The monoisotopic (exact) mass is 497 g/mol. The first-order valence-corrected chi connectivity index (χ1v) is 12.0. The molecule has 35 heavy (non-hydrogen) atoms. The molecule has 0 amide bonds. The number of hydrogen-bond acceptors (Lipinski definition) is 10. The summed E-state index contributed by atoms with van der Waals surface area (Å²) in [4.78, 5) is 28.3. The van der Waals surface area contributed by atoms with Gasteiger partial charge in [-0.2, -0.15) is 0 Å². The maximum Gasteiger partial charge on any atom is 0.345 e. The second kappa shape index (κ2) is 13.1. The van der Waals surface area contributed by atoms with E-state index in [1.54, 1.807) is 0 Å². The van der Waals surface area contributed by atoms with Crippen molar-refractivity contribution in [3.05, 3.63) is 70.4 Å². The average Bonchev–Trinajstić information content (AvgIpc) is 3.34. The molecule has 0 spiro atoms. The Hall–Kier alpha value is -3.86. The van der Waals surface area contributed by atoms with Crippen molar-refractivity contribution in [3.8, 4) is 5.75 Å². The summed E-state index contributed by atoms with van der Waals surface area (Å²) in [6.07, 6.45) is 2.16. The number of nitrogens with zero attached hydrogens (tertiary/aromatic N) is 5. The van der Waals surface area contributed by atoms with Gasteiger partial charge in [0.1, 0.15) is 25.2 Å². The fourth-order valence-corrected chi connectivity index (χ4v) is 3.77. The van der Waals surface area contributed by atoms with Crippen LogP contribution in [0.3, 0.4) is 0 Å². The van der Waals surface area contributed by atoms with E-state index in [0.717, 1.165) is 34.9 Å². The maximum absolute atomic E-state index is 12.0. The Morgan fingerprint density at radius 1 is 1.17 bits per heavy atom. The second-order valence-electron chi connectivity index (χ2n) is 7.47. The highest BCUT2D eigenvalue weighted by Gasteiger charge is 2.12. The molecule has 0 unspecified atom stereocenters. The van der Waals surface area contributed by atoms with Gasteiger partial charge in [0.05, 0.1) is 10.6 Å². The summed E-state index contributed by atoms with van der Waals surface area (Å²) in [5.41, 5.74) is 2.58. The summed E-state index contributed by atoms with van der Waals surface area (Å²) >= 11 is 0.871. The van der Waals surface area contributed by atoms with Crippen LogP contribution in [0.1, 0.15) is 25.3 Å². The Morgan fingerprint density at radius 2 is 1.97 bits per heavy atom. The Balaban J connectivity index is 1.44. The lowest BCUT2D eigenvalue weighted by Crippen LogP contribution is -2.24. The average molecular weight is 498 g/mol. The van der Waals surface area contributed by atoms with Crippen molar-refractivity contribution in [2.24, 2.45) is 10.2 Å². The van der Waals surface area contributed by atoms with Crippen molar-refractivity contribution in [1.29, 1.82) is 0 Å². The molecule has 3 rings (SSSR count). The fraction of sp³-hybridized carbons (Fsp3) is 0.333. The smallest absolute Gasteiger partial charge is 0.345 e. The van der Waals surface area contributed by atoms with E-state index in [9.17, 15) is 14.9 Å². The number of thiazole rings is 1.